The van der Waals surface area contributed by atoms with Crippen LogP contribution in [0.1, 0.15) is 12.8 Å². The van der Waals surface area contributed by atoms with Gasteiger partial charge in [-0.05, 0) is 54.1 Å². The van der Waals surface area contributed by atoms with E-state index in [1.807, 2.05) is 0 Å². The summed E-state index contributed by atoms with van der Waals surface area (Å²) in [5.74, 6) is 0. The van der Waals surface area contributed by atoms with Gasteiger partial charge in [-0.15, -0.1) is 0 Å². The first kappa shape index (κ1) is 13.9. The Hall–Kier alpha value is -0.160. The molecule has 0 saturated carbocycles. The van der Waals surface area contributed by atoms with Crippen LogP contribution in [-0.4, -0.2) is 87.3 Å². The van der Waals surface area contributed by atoms with Crippen molar-refractivity contribution in [3.63, 3.8) is 0 Å². The molecule has 4 heteroatoms. The SMILES string of the molecule is CN1CCCCN(C)CN(C)CCN(C)C1. The van der Waals surface area contributed by atoms with Crippen molar-refractivity contribution in [1.82, 2.24) is 19.6 Å². The number of hydrogen-bond acceptors (Lipinski definition) is 4. The predicted molar refractivity (Wildman–Crippen MR) is 69.5 cm³/mol. The van der Waals surface area contributed by atoms with E-state index in [2.05, 4.69) is 47.8 Å². The van der Waals surface area contributed by atoms with Crippen LogP contribution in [0, 0.1) is 0 Å². The third-order valence-electron chi connectivity index (χ3n) is 3.16. The molecule has 1 rings (SSSR count). The molecule has 1 fully saturated rings. The lowest BCUT2D eigenvalue weighted by atomic mass is 10.3. The van der Waals surface area contributed by atoms with Crippen LogP contribution in [0.2, 0.25) is 0 Å². The lowest BCUT2D eigenvalue weighted by Crippen LogP contribution is -2.41. The highest BCUT2D eigenvalue weighted by Gasteiger charge is 2.09. The van der Waals surface area contributed by atoms with Crippen molar-refractivity contribution >= 4 is 0 Å². The molecule has 1 heterocycles. The van der Waals surface area contributed by atoms with E-state index in [-0.39, 0.29) is 0 Å². The molecule has 0 spiro atoms. The normalized spacial score (nSPS) is 26.2. The van der Waals surface area contributed by atoms with E-state index >= 15 is 0 Å². The topological polar surface area (TPSA) is 13.0 Å². The van der Waals surface area contributed by atoms with Crippen molar-refractivity contribution < 1.29 is 0 Å². The standard InChI is InChI=1S/C12H28N4/c1-13-7-5-6-8-14(2)12-16(4)10-9-15(3)11-13/h5-12H2,1-4H3. The van der Waals surface area contributed by atoms with Crippen molar-refractivity contribution in [2.45, 2.75) is 12.8 Å². The molecule has 0 radical (unpaired) electrons. The Kier molecular flexibility index (Phi) is 6.28. The summed E-state index contributed by atoms with van der Waals surface area (Å²) in [5, 5.41) is 0. The highest BCUT2D eigenvalue weighted by molar-refractivity contribution is 4.61. The molecule has 0 aliphatic carbocycles. The smallest absolute Gasteiger partial charge is 0.0501 e. The highest BCUT2D eigenvalue weighted by atomic mass is 15.3. The minimum Gasteiger partial charge on any atom is -0.294 e. The lowest BCUT2D eigenvalue weighted by molar-refractivity contribution is 0.126. The third kappa shape index (κ3) is 5.80. The summed E-state index contributed by atoms with van der Waals surface area (Å²) in [6.45, 7) is 6.90. The first-order valence-corrected chi connectivity index (χ1v) is 6.32. The van der Waals surface area contributed by atoms with Crippen molar-refractivity contribution in [2.75, 3.05) is 67.7 Å². The van der Waals surface area contributed by atoms with Crippen LogP contribution in [0.15, 0.2) is 0 Å². The summed E-state index contributed by atoms with van der Waals surface area (Å²) in [6, 6.07) is 0. The number of likely N-dealkylation sites (N-methyl/N-ethyl adjacent to an activating group) is 2. The van der Waals surface area contributed by atoms with Gasteiger partial charge in [-0.25, -0.2) is 0 Å². The molecular weight excluding hydrogens is 200 g/mol. The highest BCUT2D eigenvalue weighted by Crippen LogP contribution is 1.99. The summed E-state index contributed by atoms with van der Waals surface area (Å²) in [6.07, 6.45) is 2.61. The average Bonchev–Trinajstić information content (AvgIpc) is 2.20. The molecule has 0 bridgehead atoms. The second-order valence-electron chi connectivity index (χ2n) is 5.31. The fraction of sp³-hybridized carbons (Fsp3) is 1.00. The molecule has 1 saturated heterocycles. The molecule has 0 unspecified atom stereocenters. The van der Waals surface area contributed by atoms with E-state index in [9.17, 15) is 0 Å². The zero-order valence-corrected chi connectivity index (χ0v) is 11.4. The molecule has 0 N–H and O–H groups in total. The van der Waals surface area contributed by atoms with Crippen LogP contribution >= 0.6 is 0 Å². The molecule has 96 valence electrons. The van der Waals surface area contributed by atoms with Crippen molar-refractivity contribution in [3.05, 3.63) is 0 Å². The van der Waals surface area contributed by atoms with Gasteiger partial charge in [-0.3, -0.25) is 19.6 Å². The Labute approximate surface area is 101 Å². The summed E-state index contributed by atoms with van der Waals surface area (Å²) in [5.41, 5.74) is 0. The Bertz CT molecular complexity index is 166. The average molecular weight is 228 g/mol. The van der Waals surface area contributed by atoms with Crippen LogP contribution in [-0.2, 0) is 0 Å². The minimum atomic E-state index is 1.09. The van der Waals surface area contributed by atoms with Crippen LogP contribution in [0.25, 0.3) is 0 Å². The van der Waals surface area contributed by atoms with Gasteiger partial charge in [-0.2, -0.15) is 0 Å². The van der Waals surface area contributed by atoms with Gasteiger partial charge in [0.2, 0.25) is 0 Å². The van der Waals surface area contributed by atoms with Crippen LogP contribution in [0.4, 0.5) is 0 Å². The van der Waals surface area contributed by atoms with E-state index in [1.54, 1.807) is 0 Å². The summed E-state index contributed by atoms with van der Waals surface area (Å²) < 4.78 is 0. The zero-order valence-electron chi connectivity index (χ0n) is 11.4. The van der Waals surface area contributed by atoms with E-state index in [4.69, 9.17) is 0 Å². The molecule has 1 aliphatic heterocycles. The third-order valence-corrected chi connectivity index (χ3v) is 3.16. The maximum atomic E-state index is 2.42. The van der Waals surface area contributed by atoms with Crippen molar-refractivity contribution in [1.29, 1.82) is 0 Å². The molecule has 4 nitrogen and oxygen atoms in total. The Morgan fingerprint density at radius 3 is 1.19 bits per heavy atom. The van der Waals surface area contributed by atoms with Gasteiger partial charge < -0.3 is 0 Å². The Morgan fingerprint density at radius 2 is 0.812 bits per heavy atom. The lowest BCUT2D eigenvalue weighted by Gasteiger charge is -2.30. The molecule has 0 aromatic heterocycles. The molecule has 1 aliphatic rings. The quantitative estimate of drug-likeness (QED) is 0.596. The Balaban J connectivity index is 2.40. The largest absolute Gasteiger partial charge is 0.294 e. The van der Waals surface area contributed by atoms with Gasteiger partial charge in [0, 0.05) is 13.1 Å². The van der Waals surface area contributed by atoms with Crippen LogP contribution in [0.3, 0.4) is 0 Å². The minimum absolute atomic E-state index is 1.09. The molecule has 16 heavy (non-hydrogen) atoms. The molecule has 0 atom stereocenters. The maximum absolute atomic E-state index is 2.42. The van der Waals surface area contributed by atoms with Crippen LogP contribution < -0.4 is 0 Å². The second kappa shape index (κ2) is 7.22. The number of rotatable bonds is 0. The van der Waals surface area contributed by atoms with Gasteiger partial charge >= 0.3 is 0 Å². The van der Waals surface area contributed by atoms with Gasteiger partial charge in [-0.1, -0.05) is 0 Å². The first-order chi connectivity index (χ1) is 7.58. The van der Waals surface area contributed by atoms with Gasteiger partial charge in [0.15, 0.2) is 0 Å². The van der Waals surface area contributed by atoms with Gasteiger partial charge in [0.05, 0.1) is 13.3 Å². The molecule has 0 aromatic rings. The fourth-order valence-corrected chi connectivity index (χ4v) is 2.21. The fourth-order valence-electron chi connectivity index (χ4n) is 2.21. The van der Waals surface area contributed by atoms with Gasteiger partial charge in [0.1, 0.15) is 0 Å². The summed E-state index contributed by atoms with van der Waals surface area (Å²) in [7, 11) is 8.85. The Morgan fingerprint density at radius 1 is 0.500 bits per heavy atom. The van der Waals surface area contributed by atoms with E-state index in [0.717, 1.165) is 26.4 Å². The van der Waals surface area contributed by atoms with Gasteiger partial charge in [0.25, 0.3) is 0 Å². The zero-order chi connectivity index (χ0) is 12.0. The molecule has 0 aromatic carbocycles. The van der Waals surface area contributed by atoms with E-state index in [0.29, 0.717) is 0 Å². The second-order valence-corrected chi connectivity index (χ2v) is 5.31. The van der Waals surface area contributed by atoms with E-state index < -0.39 is 0 Å². The maximum Gasteiger partial charge on any atom is 0.0501 e. The summed E-state index contributed by atoms with van der Waals surface area (Å²) in [4.78, 5) is 9.64. The van der Waals surface area contributed by atoms with Crippen LogP contribution in [0.5, 0.6) is 0 Å². The monoisotopic (exact) mass is 228 g/mol. The molecule has 0 amide bonds. The van der Waals surface area contributed by atoms with E-state index in [1.165, 1.54) is 25.9 Å². The first-order valence-electron chi connectivity index (χ1n) is 6.32. The molecular formula is C12H28N4. The summed E-state index contributed by atoms with van der Waals surface area (Å²) >= 11 is 0. The predicted octanol–water partition coefficient (Wildman–Crippen LogP) is 0.422. The number of hydrogen-bond donors (Lipinski definition) is 0. The number of nitrogens with zero attached hydrogens (tertiary/aromatic N) is 4. The van der Waals surface area contributed by atoms with Crippen molar-refractivity contribution in [2.24, 2.45) is 0 Å². The van der Waals surface area contributed by atoms with Crippen molar-refractivity contribution in [3.8, 4) is 0 Å².